The van der Waals surface area contributed by atoms with Gasteiger partial charge in [0, 0.05) is 24.3 Å². The molecule has 1 atom stereocenters. The molecule has 1 aromatic carbocycles. The van der Waals surface area contributed by atoms with Crippen molar-refractivity contribution >= 4 is 16.9 Å². The molecule has 8 nitrogen and oxygen atoms in total. The van der Waals surface area contributed by atoms with E-state index < -0.39 is 0 Å². The number of aromatic nitrogens is 4. The van der Waals surface area contributed by atoms with E-state index in [1.807, 2.05) is 52.0 Å². The second kappa shape index (κ2) is 8.69. The number of carbonyl (C=O) groups excluding carboxylic acids is 1. The number of hydrogen-bond acceptors (Lipinski definition) is 6. The molecule has 0 spiro atoms. The summed E-state index contributed by atoms with van der Waals surface area (Å²) in [5.74, 6) is 1.39. The van der Waals surface area contributed by atoms with Gasteiger partial charge < -0.3 is 14.4 Å². The number of carbonyl (C=O) groups is 1. The summed E-state index contributed by atoms with van der Waals surface area (Å²) in [4.78, 5) is 25.4. The molecule has 8 heteroatoms. The second-order valence-corrected chi connectivity index (χ2v) is 9.24. The van der Waals surface area contributed by atoms with Crippen LogP contribution in [0.1, 0.15) is 54.8 Å². The Hall–Kier alpha value is -3.94. The highest BCUT2D eigenvalue weighted by atomic mass is 16.6. The molecule has 0 N–H and O–H groups in total. The SMILES string of the molecule is CC(C)n1ncc2c(C(=O)N3CCCC3c3ccccn3)cc(-c3ccc4c(c3)OCCO4)nc21. The summed E-state index contributed by atoms with van der Waals surface area (Å²) in [6.07, 6.45) is 5.39. The molecule has 0 saturated carbocycles. The van der Waals surface area contributed by atoms with Crippen LogP contribution in [0.4, 0.5) is 0 Å². The molecule has 1 amide bonds. The maximum atomic E-state index is 14.0. The Morgan fingerprint density at radius 1 is 1.09 bits per heavy atom. The molecular formula is C27H27N5O3. The van der Waals surface area contributed by atoms with Crippen molar-refractivity contribution in [2.75, 3.05) is 19.8 Å². The average molecular weight is 470 g/mol. The third-order valence-electron chi connectivity index (χ3n) is 6.67. The van der Waals surface area contributed by atoms with E-state index in [9.17, 15) is 4.79 Å². The Labute approximate surface area is 203 Å². The number of amides is 1. The molecule has 1 saturated heterocycles. The van der Waals surface area contributed by atoms with Crippen LogP contribution in [-0.4, -0.2) is 50.3 Å². The number of nitrogens with zero attached hydrogens (tertiary/aromatic N) is 5. The third-order valence-corrected chi connectivity index (χ3v) is 6.67. The summed E-state index contributed by atoms with van der Waals surface area (Å²) in [5.41, 5.74) is 3.80. The maximum absolute atomic E-state index is 14.0. The first-order chi connectivity index (χ1) is 17.1. The minimum absolute atomic E-state index is 0.0207. The summed E-state index contributed by atoms with van der Waals surface area (Å²) in [6, 6.07) is 13.6. The van der Waals surface area contributed by atoms with E-state index in [1.165, 1.54) is 0 Å². The lowest BCUT2D eigenvalue weighted by Crippen LogP contribution is -2.31. The van der Waals surface area contributed by atoms with E-state index in [4.69, 9.17) is 14.5 Å². The fourth-order valence-electron chi connectivity index (χ4n) is 4.97. The van der Waals surface area contributed by atoms with Crippen LogP contribution in [0, 0.1) is 0 Å². The first-order valence-corrected chi connectivity index (χ1v) is 12.1. The lowest BCUT2D eigenvalue weighted by atomic mass is 10.0. The third kappa shape index (κ3) is 3.79. The van der Waals surface area contributed by atoms with Crippen LogP contribution < -0.4 is 9.47 Å². The van der Waals surface area contributed by atoms with Gasteiger partial charge in [0.2, 0.25) is 0 Å². The summed E-state index contributed by atoms with van der Waals surface area (Å²) in [6.45, 7) is 5.86. The second-order valence-electron chi connectivity index (χ2n) is 9.24. The van der Waals surface area contributed by atoms with E-state index >= 15 is 0 Å². The fraction of sp³-hybridized carbons (Fsp3) is 0.333. The number of rotatable bonds is 4. The molecule has 0 aliphatic carbocycles. The van der Waals surface area contributed by atoms with Gasteiger partial charge in [0.05, 0.1) is 34.6 Å². The van der Waals surface area contributed by atoms with Crippen LogP contribution in [0.5, 0.6) is 11.5 Å². The van der Waals surface area contributed by atoms with E-state index in [2.05, 4.69) is 23.9 Å². The molecule has 6 rings (SSSR count). The monoisotopic (exact) mass is 469 g/mol. The van der Waals surface area contributed by atoms with E-state index in [-0.39, 0.29) is 18.0 Å². The van der Waals surface area contributed by atoms with Gasteiger partial charge in [0.1, 0.15) is 13.2 Å². The Bertz CT molecular complexity index is 1400. The minimum Gasteiger partial charge on any atom is -0.486 e. The Balaban J connectivity index is 1.47. The molecule has 1 unspecified atom stereocenters. The molecule has 0 bridgehead atoms. The molecule has 0 radical (unpaired) electrons. The number of ether oxygens (including phenoxy) is 2. The minimum atomic E-state index is -0.0372. The standard InChI is InChI=1S/C27H27N5O3/c1-17(2)32-26-20(16-29-32)19(27(33)31-11-5-7-23(31)21-6-3-4-10-28-21)15-22(30-26)18-8-9-24-25(14-18)35-13-12-34-24/h3-4,6,8-10,14-17,23H,5,7,11-13H2,1-2H3. The van der Waals surface area contributed by atoms with Gasteiger partial charge in [-0.2, -0.15) is 5.10 Å². The van der Waals surface area contributed by atoms with E-state index in [1.54, 1.807) is 12.4 Å². The molecule has 2 aliphatic heterocycles. The van der Waals surface area contributed by atoms with Crippen molar-refractivity contribution in [1.82, 2.24) is 24.6 Å². The van der Waals surface area contributed by atoms with E-state index in [0.717, 1.165) is 35.2 Å². The highest BCUT2D eigenvalue weighted by molar-refractivity contribution is 6.06. The van der Waals surface area contributed by atoms with Crippen LogP contribution >= 0.6 is 0 Å². The lowest BCUT2D eigenvalue weighted by Gasteiger charge is -2.25. The van der Waals surface area contributed by atoms with Crippen LogP contribution in [0.25, 0.3) is 22.3 Å². The van der Waals surface area contributed by atoms with Crippen LogP contribution in [0.3, 0.4) is 0 Å². The molecule has 4 aromatic rings. The molecule has 178 valence electrons. The normalized spacial score (nSPS) is 17.3. The number of pyridine rings is 2. The van der Waals surface area contributed by atoms with E-state index in [0.29, 0.717) is 42.4 Å². The molecular weight excluding hydrogens is 442 g/mol. The molecule has 5 heterocycles. The zero-order chi connectivity index (χ0) is 23.9. The summed E-state index contributed by atoms with van der Waals surface area (Å²) in [7, 11) is 0. The van der Waals surface area contributed by atoms with Crippen molar-refractivity contribution in [1.29, 1.82) is 0 Å². The summed E-state index contributed by atoms with van der Waals surface area (Å²) < 4.78 is 13.3. The quantitative estimate of drug-likeness (QED) is 0.426. The number of likely N-dealkylation sites (tertiary alicyclic amines) is 1. The highest BCUT2D eigenvalue weighted by Crippen LogP contribution is 2.37. The molecule has 2 aliphatic rings. The first kappa shape index (κ1) is 21.6. The zero-order valence-corrected chi connectivity index (χ0v) is 19.8. The Morgan fingerprint density at radius 3 is 2.74 bits per heavy atom. The lowest BCUT2D eigenvalue weighted by molar-refractivity contribution is 0.0735. The average Bonchev–Trinajstić information content (AvgIpc) is 3.56. The van der Waals surface area contributed by atoms with Crippen LogP contribution in [0.2, 0.25) is 0 Å². The van der Waals surface area contributed by atoms with Gasteiger partial charge in [-0.25, -0.2) is 9.67 Å². The largest absolute Gasteiger partial charge is 0.486 e. The van der Waals surface area contributed by atoms with Gasteiger partial charge in [-0.05, 0) is 63.1 Å². The molecule has 3 aromatic heterocycles. The van der Waals surface area contributed by atoms with Crippen molar-refractivity contribution in [2.24, 2.45) is 0 Å². The summed E-state index contributed by atoms with van der Waals surface area (Å²) in [5, 5.41) is 5.33. The van der Waals surface area contributed by atoms with Gasteiger partial charge in [-0.15, -0.1) is 0 Å². The van der Waals surface area contributed by atoms with Crippen molar-refractivity contribution in [3.05, 3.63) is 66.1 Å². The molecule has 1 fully saturated rings. The maximum Gasteiger partial charge on any atom is 0.255 e. The van der Waals surface area contributed by atoms with Crippen molar-refractivity contribution in [2.45, 2.75) is 38.8 Å². The smallest absolute Gasteiger partial charge is 0.255 e. The van der Waals surface area contributed by atoms with Crippen molar-refractivity contribution in [3.63, 3.8) is 0 Å². The van der Waals surface area contributed by atoms with Crippen LogP contribution in [-0.2, 0) is 0 Å². The Kier molecular flexibility index (Phi) is 5.36. The predicted octanol–water partition coefficient (Wildman–Crippen LogP) is 4.82. The fourth-order valence-corrected chi connectivity index (χ4v) is 4.97. The van der Waals surface area contributed by atoms with Gasteiger partial charge >= 0.3 is 0 Å². The number of hydrogen-bond donors (Lipinski definition) is 0. The van der Waals surface area contributed by atoms with Gasteiger partial charge in [0.15, 0.2) is 17.1 Å². The molecule has 35 heavy (non-hydrogen) atoms. The van der Waals surface area contributed by atoms with Gasteiger partial charge in [-0.1, -0.05) is 6.07 Å². The summed E-state index contributed by atoms with van der Waals surface area (Å²) >= 11 is 0. The van der Waals surface area contributed by atoms with Gasteiger partial charge in [0.25, 0.3) is 5.91 Å². The van der Waals surface area contributed by atoms with Crippen molar-refractivity contribution in [3.8, 4) is 22.8 Å². The van der Waals surface area contributed by atoms with Gasteiger partial charge in [-0.3, -0.25) is 9.78 Å². The predicted molar refractivity (Wildman–Crippen MR) is 132 cm³/mol. The first-order valence-electron chi connectivity index (χ1n) is 12.1. The van der Waals surface area contributed by atoms with Crippen LogP contribution in [0.15, 0.2) is 54.9 Å². The number of benzene rings is 1. The topological polar surface area (TPSA) is 82.4 Å². The Morgan fingerprint density at radius 2 is 1.94 bits per heavy atom. The zero-order valence-electron chi connectivity index (χ0n) is 19.8. The van der Waals surface area contributed by atoms with Crippen molar-refractivity contribution < 1.29 is 14.3 Å². The highest BCUT2D eigenvalue weighted by Gasteiger charge is 2.33. The number of fused-ring (bicyclic) bond motifs is 2.